The second kappa shape index (κ2) is 8.20. The number of para-hydroxylation sites is 1. The van der Waals surface area contributed by atoms with Crippen LogP contribution in [0.1, 0.15) is 32.5 Å². The third-order valence-corrected chi connectivity index (χ3v) is 4.65. The Hall–Kier alpha value is -3.23. The molecule has 1 fully saturated rings. The normalized spacial score (nSPS) is 17.4. The number of nitrogens with one attached hydrogen (secondary N) is 3. The van der Waals surface area contributed by atoms with E-state index >= 15 is 0 Å². The fourth-order valence-corrected chi connectivity index (χ4v) is 3.13. The molecule has 9 heteroatoms. The minimum absolute atomic E-state index is 0.0274. The van der Waals surface area contributed by atoms with Gasteiger partial charge >= 0.3 is 0 Å². The number of benzene rings is 1. The molecule has 3 amide bonds. The number of anilines is 1. The SMILES string of the molecule is CC(C)[C@H](Nc1nc(CNC(=O)C2CCC(=O)N2)nc2ccccc12)C(N)=O. The number of rotatable bonds is 7. The topological polar surface area (TPSA) is 139 Å². The highest BCUT2D eigenvalue weighted by atomic mass is 16.2. The van der Waals surface area contributed by atoms with Crippen LogP contribution in [-0.2, 0) is 20.9 Å². The summed E-state index contributed by atoms with van der Waals surface area (Å²) in [5.41, 5.74) is 6.20. The molecule has 0 bridgehead atoms. The first-order valence-corrected chi connectivity index (χ1v) is 9.23. The highest BCUT2D eigenvalue weighted by molar-refractivity contribution is 5.92. The van der Waals surface area contributed by atoms with Gasteiger partial charge in [0.2, 0.25) is 17.7 Å². The smallest absolute Gasteiger partial charge is 0.242 e. The van der Waals surface area contributed by atoms with Gasteiger partial charge in [-0.3, -0.25) is 14.4 Å². The zero-order valence-electron chi connectivity index (χ0n) is 15.9. The first kappa shape index (κ1) is 19.5. The van der Waals surface area contributed by atoms with Crippen molar-refractivity contribution in [3.05, 3.63) is 30.1 Å². The summed E-state index contributed by atoms with van der Waals surface area (Å²) in [5, 5.41) is 9.25. The Labute approximate surface area is 162 Å². The molecule has 0 spiro atoms. The Kier molecular flexibility index (Phi) is 5.72. The summed E-state index contributed by atoms with van der Waals surface area (Å²) in [4.78, 5) is 44.2. The second-order valence-corrected chi connectivity index (χ2v) is 7.15. The van der Waals surface area contributed by atoms with Crippen molar-refractivity contribution in [2.75, 3.05) is 5.32 Å². The first-order chi connectivity index (χ1) is 13.3. The van der Waals surface area contributed by atoms with Crippen LogP contribution in [0, 0.1) is 5.92 Å². The molecule has 2 aromatic rings. The molecule has 3 rings (SSSR count). The fourth-order valence-electron chi connectivity index (χ4n) is 3.13. The van der Waals surface area contributed by atoms with Gasteiger partial charge in [0.1, 0.15) is 17.9 Å². The molecule has 5 N–H and O–H groups in total. The summed E-state index contributed by atoms with van der Waals surface area (Å²) in [6, 6.07) is 6.28. The number of amides is 3. The average Bonchev–Trinajstić information content (AvgIpc) is 3.09. The maximum absolute atomic E-state index is 12.2. The molecule has 148 valence electrons. The van der Waals surface area contributed by atoms with Crippen molar-refractivity contribution in [2.45, 2.75) is 45.3 Å². The molecule has 2 atom stereocenters. The van der Waals surface area contributed by atoms with Crippen molar-refractivity contribution in [3.8, 4) is 0 Å². The van der Waals surface area contributed by atoms with E-state index in [-0.39, 0.29) is 24.3 Å². The molecular weight excluding hydrogens is 360 g/mol. The Balaban J connectivity index is 1.82. The molecule has 1 saturated heterocycles. The van der Waals surface area contributed by atoms with Crippen molar-refractivity contribution in [1.82, 2.24) is 20.6 Å². The maximum atomic E-state index is 12.2. The molecule has 1 aromatic carbocycles. The molecule has 28 heavy (non-hydrogen) atoms. The average molecular weight is 384 g/mol. The van der Waals surface area contributed by atoms with Crippen molar-refractivity contribution in [3.63, 3.8) is 0 Å². The van der Waals surface area contributed by atoms with Crippen LogP contribution >= 0.6 is 0 Å². The van der Waals surface area contributed by atoms with Gasteiger partial charge in [-0.1, -0.05) is 26.0 Å². The summed E-state index contributed by atoms with van der Waals surface area (Å²) in [6.45, 7) is 3.89. The number of aromatic nitrogens is 2. The Morgan fingerprint density at radius 2 is 2.04 bits per heavy atom. The van der Waals surface area contributed by atoms with Gasteiger partial charge in [0.15, 0.2) is 5.82 Å². The van der Waals surface area contributed by atoms with E-state index in [0.29, 0.717) is 30.0 Å². The van der Waals surface area contributed by atoms with Crippen LogP contribution in [0.3, 0.4) is 0 Å². The molecule has 1 unspecified atom stereocenters. The van der Waals surface area contributed by atoms with Crippen LogP contribution in [-0.4, -0.2) is 39.8 Å². The molecule has 1 aromatic heterocycles. The number of primary amides is 1. The summed E-state index contributed by atoms with van der Waals surface area (Å²) in [7, 11) is 0. The predicted molar refractivity (Wildman–Crippen MR) is 104 cm³/mol. The molecule has 1 aliphatic rings. The summed E-state index contributed by atoms with van der Waals surface area (Å²) in [5.74, 6) is -0.00803. The standard InChI is InChI=1S/C19H24N6O3/c1-10(2)16(17(20)27)25-18-11-5-3-4-6-12(11)22-14(24-18)9-21-19(28)13-7-8-15(26)23-13/h3-6,10,13,16H,7-9H2,1-2H3,(H2,20,27)(H,21,28)(H,23,26)(H,22,24,25)/t13?,16-/m0/s1. The lowest BCUT2D eigenvalue weighted by atomic mass is 10.0. The number of hydrogen-bond acceptors (Lipinski definition) is 6. The van der Waals surface area contributed by atoms with Crippen LogP contribution in [0.2, 0.25) is 0 Å². The van der Waals surface area contributed by atoms with E-state index in [1.807, 2.05) is 38.1 Å². The third-order valence-electron chi connectivity index (χ3n) is 4.65. The van der Waals surface area contributed by atoms with E-state index in [0.717, 1.165) is 5.39 Å². The van der Waals surface area contributed by atoms with E-state index < -0.39 is 18.0 Å². The van der Waals surface area contributed by atoms with E-state index in [1.54, 1.807) is 0 Å². The molecule has 0 saturated carbocycles. The molecule has 1 aliphatic heterocycles. The van der Waals surface area contributed by atoms with E-state index in [2.05, 4.69) is 25.9 Å². The minimum atomic E-state index is -0.588. The van der Waals surface area contributed by atoms with Crippen LogP contribution < -0.4 is 21.7 Å². The highest BCUT2D eigenvalue weighted by Gasteiger charge is 2.27. The van der Waals surface area contributed by atoms with E-state index in [1.165, 1.54) is 0 Å². The van der Waals surface area contributed by atoms with Crippen LogP contribution in [0.4, 0.5) is 5.82 Å². The Morgan fingerprint density at radius 3 is 2.68 bits per heavy atom. The van der Waals surface area contributed by atoms with Crippen molar-refractivity contribution in [1.29, 1.82) is 0 Å². The van der Waals surface area contributed by atoms with Crippen molar-refractivity contribution >= 4 is 34.4 Å². The Bertz CT molecular complexity index is 914. The lowest BCUT2D eigenvalue weighted by Gasteiger charge is -2.21. The number of nitrogens with zero attached hydrogens (tertiary/aromatic N) is 2. The first-order valence-electron chi connectivity index (χ1n) is 9.23. The largest absolute Gasteiger partial charge is 0.368 e. The number of nitrogens with two attached hydrogens (primary N) is 1. The number of carbonyl (C=O) groups excluding carboxylic acids is 3. The maximum Gasteiger partial charge on any atom is 0.242 e. The third kappa shape index (κ3) is 4.36. The molecular formula is C19H24N6O3. The monoisotopic (exact) mass is 384 g/mol. The van der Waals surface area contributed by atoms with Crippen molar-refractivity contribution < 1.29 is 14.4 Å². The minimum Gasteiger partial charge on any atom is -0.368 e. The van der Waals surface area contributed by atoms with Crippen LogP contribution in [0.25, 0.3) is 10.9 Å². The van der Waals surface area contributed by atoms with E-state index in [9.17, 15) is 14.4 Å². The summed E-state index contributed by atoms with van der Waals surface area (Å²) < 4.78 is 0. The Morgan fingerprint density at radius 1 is 1.29 bits per heavy atom. The zero-order chi connectivity index (χ0) is 20.3. The summed E-state index contributed by atoms with van der Waals surface area (Å²) in [6.07, 6.45) is 0.826. The molecule has 2 heterocycles. The van der Waals surface area contributed by atoms with Gasteiger partial charge in [-0.05, 0) is 24.5 Å². The van der Waals surface area contributed by atoms with Gasteiger partial charge < -0.3 is 21.7 Å². The fraction of sp³-hybridized carbons (Fsp3) is 0.421. The number of fused-ring (bicyclic) bond motifs is 1. The van der Waals surface area contributed by atoms with Crippen LogP contribution in [0.15, 0.2) is 24.3 Å². The number of hydrogen-bond donors (Lipinski definition) is 4. The molecule has 0 radical (unpaired) electrons. The zero-order valence-corrected chi connectivity index (χ0v) is 15.9. The van der Waals surface area contributed by atoms with Gasteiger partial charge in [-0.15, -0.1) is 0 Å². The van der Waals surface area contributed by atoms with Gasteiger partial charge in [0, 0.05) is 11.8 Å². The van der Waals surface area contributed by atoms with Gasteiger partial charge in [0.25, 0.3) is 0 Å². The predicted octanol–water partition coefficient (Wildman–Crippen LogP) is 0.446. The van der Waals surface area contributed by atoms with Gasteiger partial charge in [0.05, 0.1) is 12.1 Å². The molecule has 9 nitrogen and oxygen atoms in total. The highest BCUT2D eigenvalue weighted by Crippen LogP contribution is 2.22. The number of carbonyl (C=O) groups is 3. The summed E-state index contributed by atoms with van der Waals surface area (Å²) >= 11 is 0. The quantitative estimate of drug-likeness (QED) is 0.546. The van der Waals surface area contributed by atoms with Crippen LogP contribution in [0.5, 0.6) is 0 Å². The van der Waals surface area contributed by atoms with E-state index in [4.69, 9.17) is 5.73 Å². The van der Waals surface area contributed by atoms with Crippen molar-refractivity contribution in [2.24, 2.45) is 11.7 Å². The van der Waals surface area contributed by atoms with Gasteiger partial charge in [-0.25, -0.2) is 9.97 Å². The lowest BCUT2D eigenvalue weighted by Crippen LogP contribution is -2.41. The second-order valence-electron chi connectivity index (χ2n) is 7.15. The van der Waals surface area contributed by atoms with Gasteiger partial charge in [-0.2, -0.15) is 0 Å². The molecule has 0 aliphatic carbocycles. The lowest BCUT2D eigenvalue weighted by molar-refractivity contribution is -0.125.